The first-order chi connectivity index (χ1) is 6.54. The topological polar surface area (TPSA) is 56.0 Å². The fourth-order valence-electron chi connectivity index (χ4n) is 1.45. The molecular formula is C11H20N2O. The summed E-state index contributed by atoms with van der Waals surface area (Å²) in [5.41, 5.74) is 0.171. The van der Waals surface area contributed by atoms with Gasteiger partial charge in [-0.05, 0) is 24.7 Å². The zero-order valence-electron chi connectivity index (χ0n) is 9.14. The fraction of sp³-hybridized carbons (Fsp3) is 0.909. The van der Waals surface area contributed by atoms with Crippen LogP contribution in [0.25, 0.3) is 0 Å². The van der Waals surface area contributed by atoms with Crippen molar-refractivity contribution in [3.05, 3.63) is 0 Å². The second-order valence-corrected chi connectivity index (χ2v) is 5.11. The third-order valence-electron chi connectivity index (χ3n) is 3.01. The van der Waals surface area contributed by atoms with Gasteiger partial charge in [0.15, 0.2) is 0 Å². The van der Waals surface area contributed by atoms with Crippen LogP contribution in [-0.4, -0.2) is 23.8 Å². The summed E-state index contributed by atoms with van der Waals surface area (Å²) >= 11 is 0. The first-order valence-corrected chi connectivity index (χ1v) is 5.26. The van der Waals surface area contributed by atoms with E-state index in [1.807, 2.05) is 0 Å². The molecule has 1 rings (SSSR count). The van der Waals surface area contributed by atoms with Crippen LogP contribution in [0.4, 0.5) is 0 Å². The fourth-order valence-corrected chi connectivity index (χ4v) is 1.45. The van der Waals surface area contributed by atoms with E-state index < -0.39 is 0 Å². The van der Waals surface area contributed by atoms with E-state index in [4.69, 9.17) is 10.4 Å². The molecule has 0 radical (unpaired) electrons. The number of hydrogen-bond acceptors (Lipinski definition) is 3. The predicted octanol–water partition coefficient (Wildman–Crippen LogP) is 1.43. The maximum atomic E-state index is 9.11. The van der Waals surface area contributed by atoms with Crippen LogP contribution in [0.2, 0.25) is 0 Å². The predicted molar refractivity (Wildman–Crippen MR) is 55.7 cm³/mol. The Morgan fingerprint density at radius 3 is 2.57 bits per heavy atom. The maximum absolute atomic E-state index is 9.11. The zero-order chi connectivity index (χ0) is 10.7. The van der Waals surface area contributed by atoms with E-state index in [9.17, 15) is 0 Å². The maximum Gasteiger partial charge on any atom is 0.0621 e. The lowest BCUT2D eigenvalue weighted by Crippen LogP contribution is -2.41. The molecule has 3 nitrogen and oxygen atoms in total. The molecule has 1 fully saturated rings. The van der Waals surface area contributed by atoms with Gasteiger partial charge in [-0.25, -0.2) is 0 Å². The number of hydrogen-bond donors (Lipinski definition) is 2. The van der Waals surface area contributed by atoms with Crippen LogP contribution in [0.5, 0.6) is 0 Å². The molecule has 80 valence electrons. The van der Waals surface area contributed by atoms with Crippen molar-refractivity contribution in [2.45, 2.75) is 45.1 Å². The molecule has 0 bridgehead atoms. The molecule has 0 saturated heterocycles. The molecule has 14 heavy (non-hydrogen) atoms. The third kappa shape index (κ3) is 3.28. The standard InChI is InChI=1S/C11H20N2O/c1-10(2,4-3-7-12)8-13-11(9-14)5-6-11/h13-14H,3-6,8-9H2,1-2H3. The SMILES string of the molecule is CC(C)(CCC#N)CNC1(CO)CC1. The Morgan fingerprint density at radius 1 is 1.50 bits per heavy atom. The number of nitrogens with zero attached hydrogens (tertiary/aromatic N) is 1. The lowest BCUT2D eigenvalue weighted by atomic mass is 9.87. The number of nitrogens with one attached hydrogen (secondary N) is 1. The molecule has 0 aromatic rings. The summed E-state index contributed by atoms with van der Waals surface area (Å²) in [6, 6.07) is 2.17. The van der Waals surface area contributed by atoms with Crippen molar-refractivity contribution in [3.8, 4) is 6.07 Å². The number of rotatable bonds is 6. The first-order valence-electron chi connectivity index (χ1n) is 5.26. The van der Waals surface area contributed by atoms with Crippen molar-refractivity contribution in [2.24, 2.45) is 5.41 Å². The number of nitriles is 1. The van der Waals surface area contributed by atoms with Gasteiger partial charge in [-0.3, -0.25) is 0 Å². The van der Waals surface area contributed by atoms with Crippen molar-refractivity contribution < 1.29 is 5.11 Å². The molecule has 0 heterocycles. The van der Waals surface area contributed by atoms with Gasteiger partial charge in [0.1, 0.15) is 0 Å². The van der Waals surface area contributed by atoms with Crippen molar-refractivity contribution in [1.82, 2.24) is 5.32 Å². The van der Waals surface area contributed by atoms with Crippen LogP contribution in [0.15, 0.2) is 0 Å². The van der Waals surface area contributed by atoms with Gasteiger partial charge < -0.3 is 10.4 Å². The summed E-state index contributed by atoms with van der Waals surface area (Å²) in [6.45, 7) is 5.44. The average molecular weight is 196 g/mol. The Bertz CT molecular complexity index is 226. The summed E-state index contributed by atoms with van der Waals surface area (Å²) < 4.78 is 0. The second kappa shape index (κ2) is 4.29. The van der Waals surface area contributed by atoms with Gasteiger partial charge in [-0.15, -0.1) is 0 Å². The molecule has 1 aliphatic rings. The second-order valence-electron chi connectivity index (χ2n) is 5.11. The van der Waals surface area contributed by atoms with Crippen molar-refractivity contribution >= 4 is 0 Å². The molecule has 2 N–H and O–H groups in total. The molecule has 0 unspecified atom stereocenters. The molecular weight excluding hydrogens is 176 g/mol. The zero-order valence-corrected chi connectivity index (χ0v) is 9.14. The molecule has 0 aromatic heterocycles. The minimum absolute atomic E-state index is 0.0178. The molecule has 1 aliphatic carbocycles. The van der Waals surface area contributed by atoms with Crippen LogP contribution in [0, 0.1) is 16.7 Å². The van der Waals surface area contributed by atoms with Crippen molar-refractivity contribution in [3.63, 3.8) is 0 Å². The normalized spacial score (nSPS) is 19.0. The summed E-state index contributed by atoms with van der Waals surface area (Å²) in [5, 5.41) is 21.0. The smallest absolute Gasteiger partial charge is 0.0621 e. The van der Waals surface area contributed by atoms with Crippen LogP contribution >= 0.6 is 0 Å². The van der Waals surface area contributed by atoms with Crippen molar-refractivity contribution in [1.29, 1.82) is 5.26 Å². The monoisotopic (exact) mass is 196 g/mol. The van der Waals surface area contributed by atoms with Crippen LogP contribution in [0.1, 0.15) is 39.5 Å². The van der Waals surface area contributed by atoms with Gasteiger partial charge in [-0.2, -0.15) is 5.26 Å². The largest absolute Gasteiger partial charge is 0.394 e. The van der Waals surface area contributed by atoms with Crippen LogP contribution < -0.4 is 5.32 Å². The van der Waals surface area contributed by atoms with Gasteiger partial charge in [0.25, 0.3) is 0 Å². The van der Waals surface area contributed by atoms with E-state index in [-0.39, 0.29) is 17.6 Å². The Morgan fingerprint density at radius 2 is 2.14 bits per heavy atom. The minimum Gasteiger partial charge on any atom is -0.394 e. The molecule has 0 aromatic carbocycles. The lowest BCUT2D eigenvalue weighted by molar-refractivity contribution is 0.208. The Labute approximate surface area is 86.1 Å². The molecule has 0 atom stereocenters. The van der Waals surface area contributed by atoms with E-state index >= 15 is 0 Å². The summed E-state index contributed by atoms with van der Waals surface area (Å²) in [6.07, 6.45) is 3.69. The van der Waals surface area contributed by atoms with Crippen molar-refractivity contribution in [2.75, 3.05) is 13.2 Å². The highest BCUT2D eigenvalue weighted by Gasteiger charge is 2.42. The summed E-state index contributed by atoms with van der Waals surface area (Å²) in [5.74, 6) is 0. The Hall–Kier alpha value is -0.590. The highest BCUT2D eigenvalue weighted by Crippen LogP contribution is 2.35. The lowest BCUT2D eigenvalue weighted by Gasteiger charge is -2.27. The van der Waals surface area contributed by atoms with Gasteiger partial charge in [0.05, 0.1) is 12.7 Å². The number of aliphatic hydroxyl groups is 1. The van der Waals surface area contributed by atoms with E-state index in [0.29, 0.717) is 6.42 Å². The van der Waals surface area contributed by atoms with E-state index in [1.54, 1.807) is 0 Å². The Kier molecular flexibility index (Phi) is 3.52. The highest BCUT2D eigenvalue weighted by molar-refractivity contribution is 5.02. The van der Waals surface area contributed by atoms with Crippen LogP contribution in [-0.2, 0) is 0 Å². The summed E-state index contributed by atoms with van der Waals surface area (Å²) in [4.78, 5) is 0. The van der Waals surface area contributed by atoms with E-state index in [0.717, 1.165) is 25.8 Å². The third-order valence-corrected chi connectivity index (χ3v) is 3.01. The first kappa shape index (κ1) is 11.5. The van der Waals surface area contributed by atoms with Gasteiger partial charge in [-0.1, -0.05) is 13.8 Å². The minimum atomic E-state index is 0.0178. The molecule has 0 spiro atoms. The van der Waals surface area contributed by atoms with Gasteiger partial charge in [0, 0.05) is 18.5 Å². The molecule has 0 amide bonds. The number of aliphatic hydroxyl groups excluding tert-OH is 1. The molecule has 0 aliphatic heterocycles. The quantitative estimate of drug-likeness (QED) is 0.675. The molecule has 3 heteroatoms. The summed E-state index contributed by atoms with van der Waals surface area (Å²) in [7, 11) is 0. The highest BCUT2D eigenvalue weighted by atomic mass is 16.3. The van der Waals surface area contributed by atoms with Gasteiger partial charge >= 0.3 is 0 Å². The average Bonchev–Trinajstić information content (AvgIpc) is 2.93. The van der Waals surface area contributed by atoms with E-state index in [2.05, 4.69) is 25.2 Å². The van der Waals surface area contributed by atoms with Crippen LogP contribution in [0.3, 0.4) is 0 Å². The Balaban J connectivity index is 2.25. The molecule has 1 saturated carbocycles. The van der Waals surface area contributed by atoms with Gasteiger partial charge in [0.2, 0.25) is 0 Å². The van der Waals surface area contributed by atoms with E-state index in [1.165, 1.54) is 0 Å².